The first-order chi connectivity index (χ1) is 8.15. The second kappa shape index (κ2) is 4.69. The van der Waals surface area contributed by atoms with Crippen LogP contribution in [0, 0.1) is 0 Å². The van der Waals surface area contributed by atoms with Gasteiger partial charge in [0.25, 0.3) is 5.56 Å². The number of anilines is 3. The molecule has 0 unspecified atom stereocenters. The quantitative estimate of drug-likeness (QED) is 0.840. The Labute approximate surface area is 99.1 Å². The maximum absolute atomic E-state index is 10.8. The molecular formula is C12H14N4O. The van der Waals surface area contributed by atoms with Crippen LogP contribution in [0.4, 0.5) is 17.2 Å². The molecule has 17 heavy (non-hydrogen) atoms. The molecule has 5 heteroatoms. The van der Waals surface area contributed by atoms with Crippen LogP contribution >= 0.6 is 0 Å². The highest BCUT2D eigenvalue weighted by molar-refractivity contribution is 5.60. The normalized spacial score (nSPS) is 10.0. The zero-order valence-corrected chi connectivity index (χ0v) is 9.77. The van der Waals surface area contributed by atoms with E-state index >= 15 is 0 Å². The van der Waals surface area contributed by atoms with Crippen LogP contribution in [0.3, 0.4) is 0 Å². The van der Waals surface area contributed by atoms with E-state index in [0.29, 0.717) is 5.82 Å². The molecule has 1 aromatic carbocycles. The van der Waals surface area contributed by atoms with Gasteiger partial charge >= 0.3 is 0 Å². The number of hydrogen-bond acceptors (Lipinski definition) is 4. The zero-order valence-electron chi connectivity index (χ0n) is 9.77. The van der Waals surface area contributed by atoms with Crippen molar-refractivity contribution in [3.8, 4) is 0 Å². The summed E-state index contributed by atoms with van der Waals surface area (Å²) >= 11 is 0. The lowest BCUT2D eigenvalue weighted by Crippen LogP contribution is -2.08. The van der Waals surface area contributed by atoms with Gasteiger partial charge in [-0.25, -0.2) is 5.10 Å². The minimum absolute atomic E-state index is 0.210. The summed E-state index contributed by atoms with van der Waals surface area (Å²) in [5, 5.41) is 9.34. The highest BCUT2D eigenvalue weighted by atomic mass is 16.1. The Hall–Kier alpha value is -2.30. The topological polar surface area (TPSA) is 61.0 Å². The minimum Gasteiger partial charge on any atom is -0.378 e. The fourth-order valence-corrected chi connectivity index (χ4v) is 1.40. The molecule has 0 radical (unpaired) electrons. The number of nitrogens with zero attached hydrogens (tertiary/aromatic N) is 2. The van der Waals surface area contributed by atoms with Crippen molar-refractivity contribution in [3.05, 3.63) is 46.8 Å². The summed E-state index contributed by atoms with van der Waals surface area (Å²) < 4.78 is 0. The number of nitrogens with one attached hydrogen (secondary N) is 2. The number of benzene rings is 1. The Balaban J connectivity index is 2.13. The van der Waals surface area contributed by atoms with E-state index in [2.05, 4.69) is 15.5 Å². The van der Waals surface area contributed by atoms with Crippen LogP contribution in [-0.2, 0) is 0 Å². The molecule has 0 saturated carbocycles. The molecule has 0 saturated heterocycles. The number of hydrogen-bond donors (Lipinski definition) is 2. The van der Waals surface area contributed by atoms with E-state index in [1.807, 2.05) is 43.3 Å². The van der Waals surface area contributed by atoms with Gasteiger partial charge in [0.2, 0.25) is 0 Å². The van der Waals surface area contributed by atoms with E-state index in [9.17, 15) is 4.79 Å². The van der Waals surface area contributed by atoms with E-state index in [-0.39, 0.29) is 5.56 Å². The predicted molar refractivity (Wildman–Crippen MR) is 68.9 cm³/mol. The summed E-state index contributed by atoms with van der Waals surface area (Å²) in [5.41, 5.74) is 1.85. The van der Waals surface area contributed by atoms with Crippen molar-refractivity contribution in [2.45, 2.75) is 0 Å². The molecule has 2 aromatic rings. The van der Waals surface area contributed by atoms with Crippen LogP contribution < -0.4 is 15.8 Å². The number of H-pyrrole nitrogens is 1. The van der Waals surface area contributed by atoms with E-state index in [0.717, 1.165) is 11.4 Å². The van der Waals surface area contributed by atoms with E-state index in [4.69, 9.17) is 0 Å². The van der Waals surface area contributed by atoms with Crippen LogP contribution in [0.2, 0.25) is 0 Å². The summed E-state index contributed by atoms with van der Waals surface area (Å²) in [7, 11) is 3.98. The molecule has 0 aliphatic carbocycles. The lowest BCUT2D eigenvalue weighted by atomic mass is 10.2. The maximum atomic E-state index is 10.8. The van der Waals surface area contributed by atoms with Crippen LogP contribution in [0.15, 0.2) is 41.2 Å². The van der Waals surface area contributed by atoms with Crippen LogP contribution in [-0.4, -0.2) is 24.3 Å². The predicted octanol–water partition coefficient (Wildman–Crippen LogP) is 1.58. The number of aromatic amines is 1. The van der Waals surface area contributed by atoms with Gasteiger partial charge in [0, 0.05) is 31.5 Å². The van der Waals surface area contributed by atoms with Gasteiger partial charge in [-0.05, 0) is 30.3 Å². The van der Waals surface area contributed by atoms with E-state index < -0.39 is 0 Å². The van der Waals surface area contributed by atoms with Gasteiger partial charge in [0.1, 0.15) is 0 Å². The Kier molecular flexibility index (Phi) is 3.09. The molecule has 2 N–H and O–H groups in total. The third kappa shape index (κ3) is 2.84. The highest BCUT2D eigenvalue weighted by Crippen LogP contribution is 2.17. The van der Waals surface area contributed by atoms with Crippen molar-refractivity contribution < 1.29 is 0 Å². The summed E-state index contributed by atoms with van der Waals surface area (Å²) in [5.74, 6) is 0.613. The molecule has 0 aliphatic rings. The van der Waals surface area contributed by atoms with Crippen molar-refractivity contribution in [2.75, 3.05) is 24.3 Å². The smallest absolute Gasteiger partial charge is 0.264 e. The fraction of sp³-hybridized carbons (Fsp3) is 0.167. The van der Waals surface area contributed by atoms with E-state index in [1.165, 1.54) is 6.07 Å². The van der Waals surface area contributed by atoms with Crippen LogP contribution in [0.25, 0.3) is 0 Å². The van der Waals surface area contributed by atoms with Gasteiger partial charge in [0.05, 0.1) is 0 Å². The lowest BCUT2D eigenvalue weighted by Gasteiger charge is -2.13. The van der Waals surface area contributed by atoms with Gasteiger partial charge in [0.15, 0.2) is 5.82 Å². The molecule has 0 spiro atoms. The molecule has 1 heterocycles. The van der Waals surface area contributed by atoms with Gasteiger partial charge in [-0.3, -0.25) is 4.79 Å². The third-order valence-corrected chi connectivity index (χ3v) is 2.34. The third-order valence-electron chi connectivity index (χ3n) is 2.34. The minimum atomic E-state index is -0.210. The summed E-state index contributed by atoms with van der Waals surface area (Å²) in [4.78, 5) is 12.9. The molecule has 0 bridgehead atoms. The molecule has 1 aromatic heterocycles. The Bertz CT molecular complexity index is 525. The molecule has 88 valence electrons. The Morgan fingerprint density at radius 1 is 1.12 bits per heavy atom. The zero-order chi connectivity index (χ0) is 12.3. The first-order valence-electron chi connectivity index (χ1n) is 5.25. The molecule has 0 atom stereocenters. The van der Waals surface area contributed by atoms with Gasteiger partial charge < -0.3 is 10.2 Å². The summed E-state index contributed by atoms with van der Waals surface area (Å²) in [6, 6.07) is 11.0. The van der Waals surface area contributed by atoms with Gasteiger partial charge in [-0.1, -0.05) is 0 Å². The fourth-order valence-electron chi connectivity index (χ4n) is 1.40. The van der Waals surface area contributed by atoms with Crippen LogP contribution in [0.5, 0.6) is 0 Å². The standard InChI is InChI=1S/C12H14N4O/c1-16(2)10-5-3-9(4-6-10)13-11-7-8-12(17)15-14-11/h3-8H,1-2H3,(H,13,14)(H,15,17). The first-order valence-corrected chi connectivity index (χ1v) is 5.25. The second-order valence-corrected chi connectivity index (χ2v) is 3.87. The van der Waals surface area contributed by atoms with Crippen molar-refractivity contribution in [3.63, 3.8) is 0 Å². The Morgan fingerprint density at radius 3 is 2.35 bits per heavy atom. The summed E-state index contributed by atoms with van der Waals surface area (Å²) in [6.45, 7) is 0. The summed E-state index contributed by atoms with van der Waals surface area (Å²) in [6.07, 6.45) is 0. The molecule has 0 aliphatic heterocycles. The molecular weight excluding hydrogens is 216 g/mol. The van der Waals surface area contributed by atoms with Crippen molar-refractivity contribution in [2.24, 2.45) is 0 Å². The molecule has 0 amide bonds. The number of aromatic nitrogens is 2. The molecule has 5 nitrogen and oxygen atoms in total. The lowest BCUT2D eigenvalue weighted by molar-refractivity contribution is 0.994. The Morgan fingerprint density at radius 2 is 1.82 bits per heavy atom. The van der Waals surface area contributed by atoms with Gasteiger partial charge in [-0.2, -0.15) is 5.10 Å². The second-order valence-electron chi connectivity index (χ2n) is 3.87. The van der Waals surface area contributed by atoms with Crippen molar-refractivity contribution in [1.29, 1.82) is 0 Å². The first kappa shape index (κ1) is 11.2. The maximum Gasteiger partial charge on any atom is 0.264 e. The molecule has 0 fully saturated rings. The monoisotopic (exact) mass is 230 g/mol. The highest BCUT2D eigenvalue weighted by Gasteiger charge is 1.97. The van der Waals surface area contributed by atoms with E-state index in [1.54, 1.807) is 6.07 Å². The van der Waals surface area contributed by atoms with Crippen molar-refractivity contribution in [1.82, 2.24) is 10.2 Å². The average molecular weight is 230 g/mol. The number of rotatable bonds is 3. The molecule has 2 rings (SSSR count). The largest absolute Gasteiger partial charge is 0.378 e. The van der Waals surface area contributed by atoms with Crippen LogP contribution in [0.1, 0.15) is 0 Å². The average Bonchev–Trinajstić information content (AvgIpc) is 2.33. The van der Waals surface area contributed by atoms with Crippen molar-refractivity contribution >= 4 is 17.2 Å². The van der Waals surface area contributed by atoms with Gasteiger partial charge in [-0.15, -0.1) is 0 Å². The SMILES string of the molecule is CN(C)c1ccc(Nc2ccc(=O)[nH]n2)cc1.